The summed E-state index contributed by atoms with van der Waals surface area (Å²) in [6, 6.07) is 15.5. The number of carbonyl (C=O) groups excluding carboxylic acids is 2. The van der Waals surface area contributed by atoms with Crippen molar-refractivity contribution in [3.63, 3.8) is 0 Å². The number of esters is 2. The molecule has 152 valence electrons. The van der Waals surface area contributed by atoms with Gasteiger partial charge in [0.1, 0.15) is 0 Å². The molecule has 0 bridgehead atoms. The monoisotopic (exact) mass is 416 g/mol. The van der Waals surface area contributed by atoms with E-state index in [2.05, 4.69) is 9.97 Å². The van der Waals surface area contributed by atoms with Gasteiger partial charge in [-0.1, -0.05) is 36.4 Å². The van der Waals surface area contributed by atoms with Gasteiger partial charge < -0.3 is 14.9 Å². The van der Waals surface area contributed by atoms with Gasteiger partial charge >= 0.3 is 23.9 Å². The van der Waals surface area contributed by atoms with Gasteiger partial charge in [-0.3, -0.25) is 0 Å². The van der Waals surface area contributed by atoms with E-state index in [4.69, 9.17) is 4.74 Å². The maximum atomic E-state index is 12.6. The summed E-state index contributed by atoms with van der Waals surface area (Å²) in [5.74, 6) is -5.54. The quantitative estimate of drug-likeness (QED) is 0.378. The minimum Gasteiger partial charge on any atom is -0.478 e. The predicted octanol–water partition coefficient (Wildman–Crippen LogP) is 3.18. The molecular formula is C22H12N2O7. The number of para-hydroxylation sites is 2. The number of nitrogens with zero attached hydrogens (tertiary/aromatic N) is 2. The Morgan fingerprint density at radius 2 is 1.03 bits per heavy atom. The van der Waals surface area contributed by atoms with Crippen LogP contribution < -0.4 is 0 Å². The third kappa shape index (κ3) is 3.67. The molecular weight excluding hydrogens is 404 g/mol. The van der Waals surface area contributed by atoms with Crippen LogP contribution in [0.5, 0.6) is 0 Å². The van der Waals surface area contributed by atoms with Gasteiger partial charge in [-0.25, -0.2) is 29.1 Å². The van der Waals surface area contributed by atoms with E-state index >= 15 is 0 Å². The Kier molecular flexibility index (Phi) is 4.84. The van der Waals surface area contributed by atoms with Crippen molar-refractivity contribution in [3.8, 4) is 0 Å². The Hall–Kier alpha value is -4.66. The number of benzene rings is 2. The number of aromatic nitrogens is 2. The number of hydrogen-bond donors (Lipinski definition) is 2. The van der Waals surface area contributed by atoms with Gasteiger partial charge in [-0.15, -0.1) is 0 Å². The molecule has 0 atom stereocenters. The fraction of sp³-hybridized carbons (Fsp3) is 0. The molecule has 0 fully saturated rings. The highest BCUT2D eigenvalue weighted by Crippen LogP contribution is 2.20. The van der Waals surface area contributed by atoms with Crippen molar-refractivity contribution >= 4 is 45.7 Å². The minimum atomic E-state index is -1.44. The van der Waals surface area contributed by atoms with Crippen molar-refractivity contribution in [3.05, 3.63) is 83.2 Å². The van der Waals surface area contributed by atoms with E-state index in [1.54, 1.807) is 48.5 Å². The van der Waals surface area contributed by atoms with E-state index in [0.29, 0.717) is 21.8 Å². The smallest absolute Gasteiger partial charge is 0.365 e. The fourth-order valence-electron chi connectivity index (χ4n) is 3.05. The number of fused-ring (bicyclic) bond motifs is 2. The first-order valence-corrected chi connectivity index (χ1v) is 8.88. The summed E-state index contributed by atoms with van der Waals surface area (Å²) in [7, 11) is 0. The third-order valence-corrected chi connectivity index (χ3v) is 4.48. The molecule has 0 amide bonds. The standard InChI is InChI=1S/C22H12N2O7/c25-19(26)13-9-11-5-1-3-7-15(11)23-17(13)21(29)31-22(30)18-14(20(27)28)10-12-6-2-4-8-16(12)24-18/h1-10H,(H,25,26)(H,27,28). The molecule has 2 N–H and O–H groups in total. The maximum Gasteiger partial charge on any atom is 0.365 e. The first-order chi connectivity index (χ1) is 14.8. The SMILES string of the molecule is O=C(O)c1cc2ccccc2nc1C(=O)OC(=O)c1nc2ccccc2cc1C(=O)O. The second kappa shape index (κ2) is 7.64. The number of rotatable bonds is 4. The van der Waals surface area contributed by atoms with Gasteiger partial charge in [-0.2, -0.15) is 0 Å². The summed E-state index contributed by atoms with van der Waals surface area (Å²) in [6.07, 6.45) is 0. The largest absolute Gasteiger partial charge is 0.478 e. The Bertz CT molecular complexity index is 1300. The van der Waals surface area contributed by atoms with E-state index in [1.807, 2.05) is 0 Å². The molecule has 9 nitrogen and oxygen atoms in total. The number of pyridine rings is 2. The lowest BCUT2D eigenvalue weighted by Gasteiger charge is -2.09. The molecule has 0 saturated heterocycles. The summed E-state index contributed by atoms with van der Waals surface area (Å²) in [5.41, 5.74) is -1.44. The average molecular weight is 416 g/mol. The van der Waals surface area contributed by atoms with Gasteiger partial charge in [0.2, 0.25) is 0 Å². The lowest BCUT2D eigenvalue weighted by molar-refractivity contribution is 0.0378. The zero-order valence-corrected chi connectivity index (χ0v) is 15.6. The van der Waals surface area contributed by atoms with Crippen molar-refractivity contribution in [1.29, 1.82) is 0 Å². The lowest BCUT2D eigenvalue weighted by Crippen LogP contribution is -2.20. The van der Waals surface area contributed by atoms with Crippen LogP contribution in [0.1, 0.15) is 41.7 Å². The molecule has 0 aliphatic rings. The average Bonchev–Trinajstić information content (AvgIpc) is 2.77. The van der Waals surface area contributed by atoms with Crippen molar-refractivity contribution in [1.82, 2.24) is 9.97 Å². The van der Waals surface area contributed by atoms with E-state index in [1.165, 1.54) is 12.1 Å². The predicted molar refractivity (Wildman–Crippen MR) is 107 cm³/mol. The van der Waals surface area contributed by atoms with Crippen LogP contribution in [0.4, 0.5) is 0 Å². The second-order valence-corrected chi connectivity index (χ2v) is 6.44. The Morgan fingerprint density at radius 1 is 0.645 bits per heavy atom. The molecule has 0 radical (unpaired) electrons. The summed E-state index contributed by atoms with van der Waals surface area (Å²) < 4.78 is 4.77. The highest BCUT2D eigenvalue weighted by molar-refractivity contribution is 6.11. The molecule has 0 unspecified atom stereocenters. The van der Waals surface area contributed by atoms with Gasteiger partial charge in [0, 0.05) is 10.8 Å². The third-order valence-electron chi connectivity index (χ3n) is 4.48. The first kappa shape index (κ1) is 19.6. The lowest BCUT2D eigenvalue weighted by atomic mass is 10.1. The summed E-state index contributed by atoms with van der Waals surface area (Å²) in [6.45, 7) is 0. The van der Waals surface area contributed by atoms with Crippen LogP contribution in [0.3, 0.4) is 0 Å². The van der Waals surface area contributed by atoms with Crippen LogP contribution in [0, 0.1) is 0 Å². The van der Waals surface area contributed by atoms with E-state index in [0.717, 1.165) is 0 Å². The molecule has 0 spiro atoms. The minimum absolute atomic E-state index is 0.321. The molecule has 0 saturated carbocycles. The maximum absolute atomic E-state index is 12.6. The normalized spacial score (nSPS) is 10.7. The van der Waals surface area contributed by atoms with Crippen LogP contribution in [-0.4, -0.2) is 44.1 Å². The van der Waals surface area contributed by atoms with Crippen molar-refractivity contribution in [2.24, 2.45) is 0 Å². The highest BCUT2D eigenvalue weighted by Gasteiger charge is 2.27. The van der Waals surface area contributed by atoms with E-state index < -0.39 is 46.4 Å². The number of carboxylic acids is 2. The van der Waals surface area contributed by atoms with Crippen molar-refractivity contribution in [2.75, 3.05) is 0 Å². The number of carbonyl (C=O) groups is 4. The molecule has 4 aromatic rings. The molecule has 0 aliphatic heterocycles. The van der Waals surface area contributed by atoms with Crippen LogP contribution in [0.15, 0.2) is 60.7 Å². The van der Waals surface area contributed by atoms with Crippen LogP contribution in [0.25, 0.3) is 21.8 Å². The Labute approximate surface area is 173 Å². The molecule has 0 aliphatic carbocycles. The Balaban J connectivity index is 1.75. The van der Waals surface area contributed by atoms with Crippen LogP contribution >= 0.6 is 0 Å². The fourth-order valence-corrected chi connectivity index (χ4v) is 3.05. The number of hydrogen-bond acceptors (Lipinski definition) is 7. The summed E-state index contributed by atoms with van der Waals surface area (Å²) >= 11 is 0. The number of carboxylic acid groups (broad SMARTS) is 2. The molecule has 31 heavy (non-hydrogen) atoms. The first-order valence-electron chi connectivity index (χ1n) is 8.88. The van der Waals surface area contributed by atoms with E-state index in [-0.39, 0.29) is 0 Å². The Morgan fingerprint density at radius 3 is 1.42 bits per heavy atom. The van der Waals surface area contributed by atoms with Crippen molar-refractivity contribution < 1.29 is 34.1 Å². The summed E-state index contributed by atoms with van der Waals surface area (Å²) in [5, 5.41) is 19.8. The topological polar surface area (TPSA) is 144 Å². The van der Waals surface area contributed by atoms with Crippen LogP contribution in [-0.2, 0) is 4.74 Å². The molecule has 2 heterocycles. The molecule has 2 aromatic carbocycles. The second-order valence-electron chi connectivity index (χ2n) is 6.44. The summed E-state index contributed by atoms with van der Waals surface area (Å²) in [4.78, 5) is 56.4. The zero-order chi connectivity index (χ0) is 22.1. The molecule has 9 heteroatoms. The van der Waals surface area contributed by atoms with Gasteiger partial charge in [0.25, 0.3) is 0 Å². The molecule has 2 aromatic heterocycles. The van der Waals surface area contributed by atoms with Crippen molar-refractivity contribution in [2.45, 2.75) is 0 Å². The van der Waals surface area contributed by atoms with Crippen LogP contribution in [0.2, 0.25) is 0 Å². The number of ether oxygens (including phenoxy) is 1. The number of aromatic carboxylic acids is 2. The highest BCUT2D eigenvalue weighted by atomic mass is 16.6. The zero-order valence-electron chi connectivity index (χ0n) is 15.6. The van der Waals surface area contributed by atoms with Gasteiger partial charge in [0.15, 0.2) is 11.4 Å². The van der Waals surface area contributed by atoms with E-state index in [9.17, 15) is 29.4 Å². The van der Waals surface area contributed by atoms with Gasteiger partial charge in [-0.05, 0) is 24.3 Å². The molecule has 4 rings (SSSR count). The van der Waals surface area contributed by atoms with Gasteiger partial charge in [0.05, 0.1) is 22.2 Å².